The molecule has 0 aliphatic rings. The molecule has 150 valence electrons. The van der Waals surface area contributed by atoms with Crippen molar-refractivity contribution in [2.75, 3.05) is 25.5 Å². The zero-order chi connectivity index (χ0) is 20.7. The Morgan fingerprint density at radius 1 is 1.07 bits per heavy atom. The van der Waals surface area contributed by atoms with Gasteiger partial charge >= 0.3 is 0 Å². The number of hydrogen-bond acceptors (Lipinski definition) is 5. The van der Waals surface area contributed by atoms with Crippen LogP contribution in [-0.2, 0) is 14.8 Å². The van der Waals surface area contributed by atoms with Gasteiger partial charge in [-0.25, -0.2) is 13.1 Å². The smallest absolute Gasteiger partial charge is 0.251 e. The molecule has 0 aliphatic carbocycles. The minimum absolute atomic E-state index is 0.00395. The van der Waals surface area contributed by atoms with Crippen LogP contribution in [-0.4, -0.2) is 40.4 Å². The van der Waals surface area contributed by atoms with Crippen LogP contribution in [0.3, 0.4) is 0 Å². The van der Waals surface area contributed by atoms with Crippen LogP contribution >= 0.6 is 15.9 Å². The molecule has 0 radical (unpaired) electrons. The highest BCUT2D eigenvalue weighted by Crippen LogP contribution is 2.26. The molecule has 2 rings (SSSR count). The van der Waals surface area contributed by atoms with Crippen molar-refractivity contribution in [2.45, 2.75) is 11.8 Å². The number of carbonyl (C=O) groups excluding carboxylic acids is 2. The van der Waals surface area contributed by atoms with Crippen LogP contribution in [0.2, 0.25) is 0 Å². The number of carbonyl (C=O) groups is 2. The van der Waals surface area contributed by atoms with E-state index in [4.69, 9.17) is 4.74 Å². The molecule has 2 amide bonds. The molecule has 0 atom stereocenters. The minimum Gasteiger partial charge on any atom is -0.495 e. The summed E-state index contributed by atoms with van der Waals surface area (Å²) in [6.07, 6.45) is 0. The Hall–Kier alpha value is -2.43. The van der Waals surface area contributed by atoms with Crippen molar-refractivity contribution in [1.82, 2.24) is 10.0 Å². The predicted octanol–water partition coefficient (Wildman–Crippen LogP) is 2.12. The van der Waals surface area contributed by atoms with Gasteiger partial charge in [0.15, 0.2) is 0 Å². The number of anilines is 1. The molecule has 2 aromatic carbocycles. The summed E-state index contributed by atoms with van der Waals surface area (Å²) in [5.41, 5.74) is 0.977. The summed E-state index contributed by atoms with van der Waals surface area (Å²) in [5, 5.41) is 5.24. The van der Waals surface area contributed by atoms with Crippen molar-refractivity contribution in [3.63, 3.8) is 0 Å². The number of hydrogen-bond donors (Lipinski definition) is 3. The number of halogens is 1. The second kappa shape index (κ2) is 9.67. The van der Waals surface area contributed by atoms with Crippen LogP contribution in [0.15, 0.2) is 51.8 Å². The summed E-state index contributed by atoms with van der Waals surface area (Å²) in [7, 11) is -2.41. The Morgan fingerprint density at radius 2 is 1.75 bits per heavy atom. The SMILES string of the molecule is COc1ccc(Br)cc1S(=O)(=O)NCCNC(=O)c1ccc(NC(C)=O)cc1. The van der Waals surface area contributed by atoms with E-state index in [-0.39, 0.29) is 35.5 Å². The second-order valence-electron chi connectivity index (χ2n) is 5.71. The molecule has 0 bridgehead atoms. The topological polar surface area (TPSA) is 114 Å². The van der Waals surface area contributed by atoms with Gasteiger partial charge in [0.2, 0.25) is 15.9 Å². The zero-order valence-corrected chi connectivity index (χ0v) is 17.7. The molecule has 0 saturated carbocycles. The van der Waals surface area contributed by atoms with Crippen LogP contribution < -0.4 is 20.1 Å². The van der Waals surface area contributed by atoms with Crippen molar-refractivity contribution in [3.8, 4) is 5.75 Å². The maximum Gasteiger partial charge on any atom is 0.251 e. The Labute approximate surface area is 171 Å². The fourth-order valence-corrected chi connectivity index (χ4v) is 4.05. The number of amides is 2. The lowest BCUT2D eigenvalue weighted by Gasteiger charge is -2.11. The van der Waals surface area contributed by atoms with Crippen molar-refractivity contribution >= 4 is 43.5 Å². The van der Waals surface area contributed by atoms with Crippen LogP contribution in [0.1, 0.15) is 17.3 Å². The zero-order valence-electron chi connectivity index (χ0n) is 15.3. The molecular formula is C18H20BrN3O5S. The minimum atomic E-state index is -3.80. The highest BCUT2D eigenvalue weighted by atomic mass is 79.9. The van der Waals surface area contributed by atoms with Gasteiger partial charge in [-0.05, 0) is 42.5 Å². The third-order valence-corrected chi connectivity index (χ3v) is 5.56. The maximum atomic E-state index is 12.4. The number of nitrogens with one attached hydrogen (secondary N) is 3. The van der Waals surface area contributed by atoms with Crippen LogP contribution in [0.5, 0.6) is 5.75 Å². The fourth-order valence-electron chi connectivity index (χ4n) is 2.31. The van der Waals surface area contributed by atoms with E-state index >= 15 is 0 Å². The average Bonchev–Trinajstić information content (AvgIpc) is 2.65. The molecule has 0 unspecified atom stereocenters. The average molecular weight is 470 g/mol. The molecule has 0 aromatic heterocycles. The van der Waals surface area contributed by atoms with Gasteiger partial charge in [-0.3, -0.25) is 9.59 Å². The van der Waals surface area contributed by atoms with E-state index in [1.807, 2.05) is 0 Å². The number of sulfonamides is 1. The van der Waals surface area contributed by atoms with E-state index in [2.05, 4.69) is 31.3 Å². The maximum absolute atomic E-state index is 12.4. The number of ether oxygens (including phenoxy) is 1. The highest BCUT2D eigenvalue weighted by Gasteiger charge is 2.19. The summed E-state index contributed by atoms with van der Waals surface area (Å²) in [6, 6.07) is 11.0. The monoisotopic (exact) mass is 469 g/mol. The molecule has 0 saturated heterocycles. The van der Waals surface area contributed by atoms with Gasteiger partial charge in [0.25, 0.3) is 5.91 Å². The van der Waals surface area contributed by atoms with Crippen LogP contribution in [0.4, 0.5) is 5.69 Å². The van der Waals surface area contributed by atoms with E-state index in [0.717, 1.165) is 0 Å². The van der Waals surface area contributed by atoms with Crippen LogP contribution in [0.25, 0.3) is 0 Å². The Kier molecular flexibility index (Phi) is 7.55. The first kappa shape index (κ1) is 21.9. The summed E-state index contributed by atoms with van der Waals surface area (Å²) in [5.74, 6) is -0.334. The number of rotatable bonds is 8. The van der Waals surface area contributed by atoms with Gasteiger partial charge in [-0.15, -0.1) is 0 Å². The van der Waals surface area contributed by atoms with E-state index in [1.165, 1.54) is 20.1 Å². The molecule has 0 heterocycles. The third-order valence-electron chi connectivity index (χ3n) is 3.59. The lowest BCUT2D eigenvalue weighted by atomic mass is 10.2. The lowest BCUT2D eigenvalue weighted by Crippen LogP contribution is -2.34. The van der Waals surface area contributed by atoms with E-state index in [9.17, 15) is 18.0 Å². The Balaban J connectivity index is 1.90. The summed E-state index contributed by atoms with van der Waals surface area (Å²) < 4.78 is 33.0. The molecule has 0 fully saturated rings. The van der Waals surface area contributed by atoms with Gasteiger partial charge in [0.05, 0.1) is 7.11 Å². The largest absolute Gasteiger partial charge is 0.495 e. The summed E-state index contributed by atoms with van der Waals surface area (Å²) in [4.78, 5) is 23.1. The van der Waals surface area contributed by atoms with Crippen molar-refractivity contribution < 1.29 is 22.7 Å². The Morgan fingerprint density at radius 3 is 2.36 bits per heavy atom. The molecule has 2 aromatic rings. The quantitative estimate of drug-likeness (QED) is 0.512. The van der Waals surface area contributed by atoms with Crippen molar-refractivity contribution in [3.05, 3.63) is 52.5 Å². The van der Waals surface area contributed by atoms with Gasteiger partial charge in [0.1, 0.15) is 10.6 Å². The second-order valence-corrected chi connectivity index (χ2v) is 8.36. The lowest BCUT2D eigenvalue weighted by molar-refractivity contribution is -0.114. The first-order chi connectivity index (χ1) is 13.2. The third kappa shape index (κ3) is 6.04. The van der Waals surface area contributed by atoms with E-state index < -0.39 is 10.0 Å². The molecular weight excluding hydrogens is 450 g/mol. The van der Waals surface area contributed by atoms with Gasteiger partial charge in [-0.2, -0.15) is 0 Å². The molecule has 28 heavy (non-hydrogen) atoms. The van der Waals surface area contributed by atoms with E-state index in [1.54, 1.807) is 36.4 Å². The molecule has 10 heteroatoms. The first-order valence-electron chi connectivity index (χ1n) is 8.22. The molecule has 0 spiro atoms. The van der Waals surface area contributed by atoms with E-state index in [0.29, 0.717) is 15.7 Å². The predicted molar refractivity (Wildman–Crippen MR) is 109 cm³/mol. The van der Waals surface area contributed by atoms with Gasteiger partial charge in [-0.1, -0.05) is 15.9 Å². The summed E-state index contributed by atoms with van der Waals surface area (Å²) in [6.45, 7) is 1.50. The number of benzene rings is 2. The first-order valence-corrected chi connectivity index (χ1v) is 10.5. The summed E-state index contributed by atoms with van der Waals surface area (Å²) >= 11 is 3.23. The highest BCUT2D eigenvalue weighted by molar-refractivity contribution is 9.10. The normalized spacial score (nSPS) is 11.0. The molecule has 3 N–H and O–H groups in total. The van der Waals surface area contributed by atoms with Gasteiger partial charge < -0.3 is 15.4 Å². The van der Waals surface area contributed by atoms with Crippen molar-refractivity contribution in [1.29, 1.82) is 0 Å². The molecule has 8 nitrogen and oxygen atoms in total. The van der Waals surface area contributed by atoms with Crippen molar-refractivity contribution in [2.24, 2.45) is 0 Å². The Bertz CT molecular complexity index is 962. The standard InChI is InChI=1S/C18H20BrN3O5S/c1-12(23)22-15-6-3-13(4-7-15)18(24)20-9-10-21-28(25,26)17-11-14(19)5-8-16(17)27-2/h3-8,11,21H,9-10H2,1-2H3,(H,20,24)(H,22,23). The van der Waals surface area contributed by atoms with Gasteiger partial charge in [0, 0.05) is 35.7 Å². The van der Waals surface area contributed by atoms with Crippen LogP contribution in [0, 0.1) is 0 Å². The fraction of sp³-hybridized carbons (Fsp3) is 0.222. The molecule has 0 aliphatic heterocycles. The number of methoxy groups -OCH3 is 1.